The van der Waals surface area contributed by atoms with Gasteiger partial charge in [0.1, 0.15) is 0 Å². The number of hydrogen-bond donors (Lipinski definition) is 0. The molecule has 0 radical (unpaired) electrons. The van der Waals surface area contributed by atoms with Crippen LogP contribution in [0.4, 0.5) is 0 Å². The Kier molecular flexibility index (Phi) is 2.57. The number of rotatable bonds is 3. The molecule has 0 aromatic rings. The molecule has 0 heterocycles. The summed E-state index contributed by atoms with van der Waals surface area (Å²) in [6, 6.07) is 0. The molecule has 1 saturated carbocycles. The van der Waals surface area contributed by atoms with Gasteiger partial charge in [-0.3, -0.25) is 0 Å². The monoisotopic (exact) mass is 176 g/mol. The van der Waals surface area contributed by atoms with Crippen molar-refractivity contribution in [2.24, 2.45) is 17.8 Å². The van der Waals surface area contributed by atoms with E-state index in [1.807, 2.05) is 0 Å². The van der Waals surface area contributed by atoms with E-state index >= 15 is 0 Å². The third-order valence-electron chi connectivity index (χ3n) is 3.64. The Morgan fingerprint density at radius 1 is 1.46 bits per heavy atom. The van der Waals surface area contributed by atoms with Crippen LogP contribution in [0.25, 0.3) is 0 Å². The quantitative estimate of drug-likeness (QED) is 0.571. The average Bonchev–Trinajstić information content (AvgIpc) is 2.43. The van der Waals surface area contributed by atoms with Crippen molar-refractivity contribution in [3.8, 4) is 0 Å². The molecule has 0 aromatic carbocycles. The molecule has 13 heavy (non-hydrogen) atoms. The van der Waals surface area contributed by atoms with Crippen molar-refractivity contribution in [1.29, 1.82) is 0 Å². The van der Waals surface area contributed by atoms with Gasteiger partial charge in [0.15, 0.2) is 0 Å². The van der Waals surface area contributed by atoms with E-state index in [9.17, 15) is 0 Å². The smallest absolute Gasteiger partial charge is 0.0137 e. The highest BCUT2D eigenvalue weighted by molar-refractivity contribution is 5.20. The average molecular weight is 176 g/mol. The maximum absolute atomic E-state index is 4.22. The molecular weight excluding hydrogens is 156 g/mol. The summed E-state index contributed by atoms with van der Waals surface area (Å²) in [6.07, 6.45) is 11.6. The van der Waals surface area contributed by atoms with Gasteiger partial charge in [-0.2, -0.15) is 0 Å². The van der Waals surface area contributed by atoms with Crippen molar-refractivity contribution in [2.45, 2.75) is 39.0 Å². The van der Waals surface area contributed by atoms with Gasteiger partial charge < -0.3 is 0 Å². The third-order valence-corrected chi connectivity index (χ3v) is 3.64. The first-order valence-electron chi connectivity index (χ1n) is 5.67. The van der Waals surface area contributed by atoms with Crippen LogP contribution in [0.15, 0.2) is 24.3 Å². The minimum absolute atomic E-state index is 0.825. The zero-order chi connectivity index (χ0) is 9.26. The highest BCUT2D eigenvalue weighted by Gasteiger charge is 2.34. The Morgan fingerprint density at radius 2 is 2.31 bits per heavy atom. The highest BCUT2D eigenvalue weighted by atomic mass is 14.4. The van der Waals surface area contributed by atoms with Crippen molar-refractivity contribution >= 4 is 0 Å². The van der Waals surface area contributed by atoms with Crippen LogP contribution < -0.4 is 0 Å². The van der Waals surface area contributed by atoms with Crippen molar-refractivity contribution in [3.05, 3.63) is 24.3 Å². The Balaban J connectivity index is 2.00. The number of fused-ring (bicyclic) bond motifs is 2. The van der Waals surface area contributed by atoms with Crippen LogP contribution in [0.2, 0.25) is 0 Å². The summed E-state index contributed by atoms with van der Waals surface area (Å²) in [6.45, 7) is 6.49. The highest BCUT2D eigenvalue weighted by Crippen LogP contribution is 2.45. The number of allylic oxidation sites excluding steroid dienone is 3. The zero-order valence-corrected chi connectivity index (χ0v) is 8.63. The second kappa shape index (κ2) is 3.69. The molecule has 2 bridgehead atoms. The van der Waals surface area contributed by atoms with E-state index < -0.39 is 0 Å². The maximum Gasteiger partial charge on any atom is -0.0137 e. The minimum atomic E-state index is 0.825. The summed E-state index contributed by atoms with van der Waals surface area (Å²) in [4.78, 5) is 0. The Labute approximate surface area is 81.7 Å². The molecule has 0 spiro atoms. The van der Waals surface area contributed by atoms with Gasteiger partial charge in [-0.05, 0) is 37.0 Å². The Morgan fingerprint density at radius 3 is 3.08 bits per heavy atom. The molecule has 1 fully saturated rings. The van der Waals surface area contributed by atoms with E-state index in [2.05, 4.69) is 25.7 Å². The molecule has 0 heteroatoms. The van der Waals surface area contributed by atoms with Crippen molar-refractivity contribution in [2.75, 3.05) is 0 Å². The second-order valence-corrected chi connectivity index (χ2v) is 4.66. The lowest BCUT2D eigenvalue weighted by atomic mass is 9.81. The van der Waals surface area contributed by atoms with Gasteiger partial charge in [0, 0.05) is 0 Å². The molecular formula is C13H20. The van der Waals surface area contributed by atoms with Crippen LogP contribution in [0, 0.1) is 17.8 Å². The molecule has 0 aliphatic heterocycles. The van der Waals surface area contributed by atoms with E-state index in [0.29, 0.717) is 0 Å². The molecule has 2 rings (SSSR count). The summed E-state index contributed by atoms with van der Waals surface area (Å²) in [5, 5.41) is 0. The molecule has 2 aliphatic rings. The summed E-state index contributed by atoms with van der Waals surface area (Å²) < 4.78 is 0. The molecule has 2 aliphatic carbocycles. The SMILES string of the molecule is C=C1C[C@@H]2C=C[C@@H](CCCC)[C@H]1C2. The van der Waals surface area contributed by atoms with Crippen LogP contribution in [0.5, 0.6) is 0 Å². The second-order valence-electron chi connectivity index (χ2n) is 4.66. The van der Waals surface area contributed by atoms with Gasteiger partial charge in [-0.25, -0.2) is 0 Å². The molecule has 0 saturated heterocycles. The molecule has 0 nitrogen and oxygen atoms in total. The van der Waals surface area contributed by atoms with E-state index in [1.165, 1.54) is 37.7 Å². The van der Waals surface area contributed by atoms with E-state index in [4.69, 9.17) is 0 Å². The first kappa shape index (κ1) is 9.05. The van der Waals surface area contributed by atoms with Crippen LogP contribution >= 0.6 is 0 Å². The molecule has 0 unspecified atom stereocenters. The van der Waals surface area contributed by atoms with Gasteiger partial charge >= 0.3 is 0 Å². The molecule has 0 aromatic heterocycles. The van der Waals surface area contributed by atoms with Crippen molar-refractivity contribution in [1.82, 2.24) is 0 Å². The first-order chi connectivity index (χ1) is 6.31. The summed E-state index contributed by atoms with van der Waals surface area (Å²) in [7, 11) is 0. The normalized spacial score (nSPS) is 37.0. The molecule has 0 N–H and O–H groups in total. The van der Waals surface area contributed by atoms with Gasteiger partial charge in [0.25, 0.3) is 0 Å². The summed E-state index contributed by atoms with van der Waals surface area (Å²) in [5.41, 5.74) is 1.52. The van der Waals surface area contributed by atoms with Crippen LogP contribution in [-0.4, -0.2) is 0 Å². The fourth-order valence-corrected chi connectivity index (χ4v) is 2.86. The summed E-state index contributed by atoms with van der Waals surface area (Å²) in [5.74, 6) is 2.50. The molecule has 72 valence electrons. The number of hydrogen-bond acceptors (Lipinski definition) is 0. The fraction of sp³-hybridized carbons (Fsp3) is 0.692. The van der Waals surface area contributed by atoms with Gasteiger partial charge in [-0.15, -0.1) is 0 Å². The Bertz CT molecular complexity index is 224. The van der Waals surface area contributed by atoms with Crippen molar-refractivity contribution in [3.63, 3.8) is 0 Å². The fourth-order valence-electron chi connectivity index (χ4n) is 2.86. The molecule has 0 amide bonds. The molecule has 3 atom stereocenters. The van der Waals surface area contributed by atoms with Gasteiger partial charge in [0.2, 0.25) is 0 Å². The Hall–Kier alpha value is -0.520. The van der Waals surface area contributed by atoms with Gasteiger partial charge in [0.05, 0.1) is 0 Å². The van der Waals surface area contributed by atoms with Crippen LogP contribution in [0.1, 0.15) is 39.0 Å². The minimum Gasteiger partial charge on any atom is -0.0995 e. The van der Waals surface area contributed by atoms with Gasteiger partial charge in [-0.1, -0.05) is 44.1 Å². The summed E-state index contributed by atoms with van der Waals surface area (Å²) >= 11 is 0. The van der Waals surface area contributed by atoms with Crippen molar-refractivity contribution < 1.29 is 0 Å². The maximum atomic E-state index is 4.22. The zero-order valence-electron chi connectivity index (χ0n) is 8.63. The van der Waals surface area contributed by atoms with Crippen LogP contribution in [-0.2, 0) is 0 Å². The third kappa shape index (κ3) is 1.72. The standard InChI is InChI=1S/C13H20/c1-3-4-5-12-7-6-11-8-10(2)13(12)9-11/h6-7,11-13H,2-5,8-9H2,1H3/t11-,12+,13-/m0/s1. The first-order valence-corrected chi connectivity index (χ1v) is 5.67. The predicted molar refractivity (Wildman–Crippen MR) is 57.5 cm³/mol. The lowest BCUT2D eigenvalue weighted by molar-refractivity contribution is 0.388. The van der Waals surface area contributed by atoms with E-state index in [-0.39, 0.29) is 0 Å². The predicted octanol–water partition coefficient (Wildman–Crippen LogP) is 3.95. The number of unbranched alkanes of at least 4 members (excludes halogenated alkanes) is 1. The largest absolute Gasteiger partial charge is 0.0995 e. The van der Waals surface area contributed by atoms with E-state index in [1.54, 1.807) is 0 Å². The topological polar surface area (TPSA) is 0 Å². The lowest BCUT2D eigenvalue weighted by Crippen LogP contribution is -2.14. The van der Waals surface area contributed by atoms with E-state index in [0.717, 1.165) is 17.8 Å². The van der Waals surface area contributed by atoms with Crippen LogP contribution in [0.3, 0.4) is 0 Å². The lowest BCUT2D eigenvalue weighted by Gasteiger charge is -2.24.